The summed E-state index contributed by atoms with van der Waals surface area (Å²) in [7, 11) is -3.63. The van der Waals surface area contributed by atoms with Crippen LogP contribution in [0.2, 0.25) is 0 Å². The Morgan fingerprint density at radius 3 is 2.53 bits per heavy atom. The number of carbonyl (C=O) groups is 1. The SMILES string of the molecule is C#CCN(Cc1ccc(C)cc1)C(=O)CCn1c(=O)oc2cc(S(=O)(=O)N3CCCC3)ccc21. The Morgan fingerprint density at radius 2 is 1.85 bits per heavy atom. The standard InChI is InChI=1S/C25H27N3O5S/c1-3-13-26(18-20-8-6-19(2)7-9-20)24(29)12-16-28-22-11-10-21(17-23(22)33-25(28)30)34(31,32)27-14-4-5-15-27/h1,6-11,17H,4-5,12-16,18H2,2H3. The number of aryl methyl sites for hydroxylation is 2. The predicted molar refractivity (Wildman–Crippen MR) is 129 cm³/mol. The monoisotopic (exact) mass is 481 g/mol. The number of aromatic nitrogens is 1. The molecule has 2 aromatic carbocycles. The van der Waals surface area contributed by atoms with Crippen LogP contribution < -0.4 is 5.76 Å². The molecule has 178 valence electrons. The minimum atomic E-state index is -3.63. The van der Waals surface area contributed by atoms with E-state index in [1.807, 2.05) is 31.2 Å². The van der Waals surface area contributed by atoms with Crippen molar-refractivity contribution in [2.75, 3.05) is 19.6 Å². The molecule has 1 aliphatic rings. The van der Waals surface area contributed by atoms with Gasteiger partial charge < -0.3 is 9.32 Å². The van der Waals surface area contributed by atoms with E-state index in [0.717, 1.165) is 24.0 Å². The van der Waals surface area contributed by atoms with Crippen molar-refractivity contribution >= 4 is 27.0 Å². The van der Waals surface area contributed by atoms with Gasteiger partial charge in [-0.05, 0) is 37.5 Å². The Hall–Kier alpha value is -3.35. The zero-order valence-corrected chi connectivity index (χ0v) is 19.9. The van der Waals surface area contributed by atoms with Gasteiger partial charge in [-0.15, -0.1) is 6.42 Å². The largest absolute Gasteiger partial charge is 0.419 e. The molecule has 1 fully saturated rings. The van der Waals surface area contributed by atoms with Crippen molar-refractivity contribution in [1.82, 2.24) is 13.8 Å². The van der Waals surface area contributed by atoms with E-state index in [-0.39, 0.29) is 35.9 Å². The van der Waals surface area contributed by atoms with Gasteiger partial charge in [0.15, 0.2) is 5.58 Å². The third-order valence-electron chi connectivity index (χ3n) is 6.02. The summed E-state index contributed by atoms with van der Waals surface area (Å²) < 4.78 is 33.7. The molecule has 4 rings (SSSR count). The number of amides is 1. The Labute approximate surface area is 198 Å². The van der Waals surface area contributed by atoms with E-state index in [4.69, 9.17) is 10.8 Å². The fraction of sp³-hybridized carbons (Fsp3) is 0.360. The van der Waals surface area contributed by atoms with E-state index in [9.17, 15) is 18.0 Å². The fourth-order valence-corrected chi connectivity index (χ4v) is 5.65. The van der Waals surface area contributed by atoms with Crippen LogP contribution in [-0.2, 0) is 27.9 Å². The van der Waals surface area contributed by atoms with E-state index in [1.54, 1.807) is 11.0 Å². The second-order valence-corrected chi connectivity index (χ2v) is 10.4. The lowest BCUT2D eigenvalue weighted by atomic mass is 10.1. The Kier molecular flexibility index (Phi) is 6.91. The number of hydrogen-bond acceptors (Lipinski definition) is 5. The van der Waals surface area contributed by atoms with Crippen LogP contribution in [0.15, 0.2) is 56.6 Å². The summed E-state index contributed by atoms with van der Waals surface area (Å²) in [5.74, 6) is 1.69. The molecule has 1 amide bonds. The molecule has 1 aliphatic heterocycles. The second-order valence-electron chi connectivity index (χ2n) is 8.45. The molecule has 0 saturated carbocycles. The van der Waals surface area contributed by atoms with Gasteiger partial charge in [0, 0.05) is 38.7 Å². The molecule has 3 aromatic rings. The van der Waals surface area contributed by atoms with Crippen molar-refractivity contribution in [3.63, 3.8) is 0 Å². The Bertz CT molecular complexity index is 1390. The van der Waals surface area contributed by atoms with E-state index in [0.29, 0.717) is 25.2 Å². The second kappa shape index (κ2) is 9.87. The highest BCUT2D eigenvalue weighted by molar-refractivity contribution is 7.89. The highest BCUT2D eigenvalue weighted by Gasteiger charge is 2.28. The predicted octanol–water partition coefficient (Wildman–Crippen LogP) is 2.74. The van der Waals surface area contributed by atoms with Gasteiger partial charge in [-0.2, -0.15) is 4.31 Å². The molecule has 2 heterocycles. The molecule has 0 radical (unpaired) electrons. The molecule has 34 heavy (non-hydrogen) atoms. The molecule has 8 nitrogen and oxygen atoms in total. The molecule has 0 atom stereocenters. The lowest BCUT2D eigenvalue weighted by Gasteiger charge is -2.20. The van der Waals surface area contributed by atoms with Crippen molar-refractivity contribution in [1.29, 1.82) is 0 Å². The number of fused-ring (bicyclic) bond motifs is 1. The molecule has 0 bridgehead atoms. The fourth-order valence-electron chi connectivity index (χ4n) is 4.12. The van der Waals surface area contributed by atoms with Crippen molar-refractivity contribution in [3.05, 3.63) is 64.1 Å². The van der Waals surface area contributed by atoms with Gasteiger partial charge in [-0.1, -0.05) is 35.7 Å². The van der Waals surface area contributed by atoms with Gasteiger partial charge in [0.2, 0.25) is 15.9 Å². The molecule has 0 N–H and O–H groups in total. The zero-order chi connectivity index (χ0) is 24.3. The average Bonchev–Trinajstić information content (AvgIpc) is 3.46. The maximum atomic E-state index is 12.9. The summed E-state index contributed by atoms with van der Waals surface area (Å²) in [5, 5.41) is 0. The summed E-state index contributed by atoms with van der Waals surface area (Å²) in [6, 6.07) is 12.3. The van der Waals surface area contributed by atoms with E-state index >= 15 is 0 Å². The molecular weight excluding hydrogens is 454 g/mol. The Morgan fingerprint density at radius 1 is 1.15 bits per heavy atom. The molecule has 9 heteroatoms. The van der Waals surface area contributed by atoms with E-state index in [2.05, 4.69) is 5.92 Å². The van der Waals surface area contributed by atoms with Gasteiger partial charge in [0.1, 0.15) is 0 Å². The summed E-state index contributed by atoms with van der Waals surface area (Å²) in [6.07, 6.45) is 7.18. The molecule has 0 unspecified atom stereocenters. The number of hydrogen-bond donors (Lipinski definition) is 0. The van der Waals surface area contributed by atoms with Crippen molar-refractivity contribution in [3.8, 4) is 12.3 Å². The summed E-state index contributed by atoms with van der Waals surface area (Å²) in [6.45, 7) is 3.60. The number of nitrogens with zero attached hydrogens (tertiary/aromatic N) is 3. The molecule has 1 saturated heterocycles. The van der Waals surface area contributed by atoms with Gasteiger partial charge in [0.05, 0.1) is 17.0 Å². The summed E-state index contributed by atoms with van der Waals surface area (Å²) >= 11 is 0. The molecule has 0 spiro atoms. The van der Waals surface area contributed by atoms with Gasteiger partial charge in [-0.3, -0.25) is 9.36 Å². The van der Waals surface area contributed by atoms with E-state index < -0.39 is 15.8 Å². The third-order valence-corrected chi connectivity index (χ3v) is 7.92. The first-order valence-corrected chi connectivity index (χ1v) is 12.6. The molecule has 1 aromatic heterocycles. The minimum absolute atomic E-state index is 0.0515. The number of terminal acetylenes is 1. The molecule has 0 aliphatic carbocycles. The van der Waals surface area contributed by atoms with Gasteiger partial charge >= 0.3 is 5.76 Å². The summed E-state index contributed by atoms with van der Waals surface area (Å²) in [5.41, 5.74) is 2.71. The highest BCUT2D eigenvalue weighted by atomic mass is 32.2. The minimum Gasteiger partial charge on any atom is -0.408 e. The third kappa shape index (κ3) is 4.93. The van der Waals surface area contributed by atoms with Crippen LogP contribution in [0.25, 0.3) is 11.1 Å². The quantitative estimate of drug-likeness (QED) is 0.461. The van der Waals surface area contributed by atoms with Crippen LogP contribution in [0.1, 0.15) is 30.4 Å². The smallest absolute Gasteiger partial charge is 0.408 e. The average molecular weight is 482 g/mol. The van der Waals surface area contributed by atoms with Gasteiger partial charge in [0.25, 0.3) is 0 Å². The maximum Gasteiger partial charge on any atom is 0.419 e. The maximum absolute atomic E-state index is 12.9. The Balaban J connectivity index is 1.50. The number of carbonyl (C=O) groups excluding carboxylic acids is 1. The van der Waals surface area contributed by atoms with Crippen LogP contribution in [-0.4, -0.2) is 47.7 Å². The number of benzene rings is 2. The number of rotatable bonds is 8. The number of sulfonamides is 1. The van der Waals surface area contributed by atoms with Gasteiger partial charge in [-0.25, -0.2) is 13.2 Å². The van der Waals surface area contributed by atoms with Crippen molar-refractivity contribution in [2.24, 2.45) is 0 Å². The van der Waals surface area contributed by atoms with Crippen LogP contribution in [0, 0.1) is 19.3 Å². The van der Waals surface area contributed by atoms with Crippen LogP contribution >= 0.6 is 0 Å². The first-order valence-electron chi connectivity index (χ1n) is 11.2. The van der Waals surface area contributed by atoms with E-state index in [1.165, 1.54) is 21.0 Å². The van der Waals surface area contributed by atoms with Crippen LogP contribution in [0.4, 0.5) is 0 Å². The first-order chi connectivity index (χ1) is 16.3. The lowest BCUT2D eigenvalue weighted by molar-refractivity contribution is -0.131. The van der Waals surface area contributed by atoms with Crippen molar-refractivity contribution < 1.29 is 17.6 Å². The summed E-state index contributed by atoms with van der Waals surface area (Å²) in [4.78, 5) is 27.0. The highest BCUT2D eigenvalue weighted by Crippen LogP contribution is 2.24. The number of oxazole rings is 1. The van der Waals surface area contributed by atoms with Crippen LogP contribution in [0.3, 0.4) is 0 Å². The van der Waals surface area contributed by atoms with Crippen LogP contribution in [0.5, 0.6) is 0 Å². The first kappa shape index (κ1) is 23.8. The van der Waals surface area contributed by atoms with Crippen molar-refractivity contribution in [2.45, 2.75) is 44.2 Å². The zero-order valence-electron chi connectivity index (χ0n) is 19.1. The topological polar surface area (TPSA) is 92.8 Å². The molecular formula is C25H27N3O5S. The lowest BCUT2D eigenvalue weighted by Crippen LogP contribution is -2.32. The normalized spacial score (nSPS) is 14.4.